The first-order valence-corrected chi connectivity index (χ1v) is 8.60. The molecule has 0 aliphatic carbocycles. The molecule has 8 heteroatoms. The Balaban J connectivity index is 1.54. The fraction of sp³-hybridized carbons (Fsp3) is 0.211. The van der Waals surface area contributed by atoms with Gasteiger partial charge in [-0.05, 0) is 43.3 Å². The molecule has 1 heterocycles. The summed E-state index contributed by atoms with van der Waals surface area (Å²) in [5.74, 6) is 1.61. The summed E-state index contributed by atoms with van der Waals surface area (Å²) in [5.41, 5.74) is 0.774. The quantitative estimate of drug-likeness (QED) is 0.667. The Bertz CT molecular complexity index is 911. The highest BCUT2D eigenvalue weighted by atomic mass is 35.5. The van der Waals surface area contributed by atoms with E-state index in [1.54, 1.807) is 62.6 Å². The van der Waals surface area contributed by atoms with Gasteiger partial charge in [-0.15, -0.1) is 0 Å². The molecule has 0 saturated heterocycles. The van der Waals surface area contributed by atoms with Crippen LogP contribution < -0.4 is 14.8 Å². The zero-order valence-electron chi connectivity index (χ0n) is 14.8. The molecule has 3 rings (SSSR count). The second-order valence-electron chi connectivity index (χ2n) is 5.68. The number of benzene rings is 2. The largest absolute Gasteiger partial charge is 0.497 e. The van der Waals surface area contributed by atoms with Gasteiger partial charge in [0.1, 0.15) is 11.5 Å². The molecule has 2 aromatic carbocycles. The van der Waals surface area contributed by atoms with Crippen LogP contribution in [0.4, 0.5) is 0 Å². The molecule has 1 atom stereocenters. The molecule has 0 saturated carbocycles. The number of ether oxygens (including phenoxy) is 2. The number of aromatic nitrogens is 2. The highest BCUT2D eigenvalue weighted by Crippen LogP contribution is 2.20. The summed E-state index contributed by atoms with van der Waals surface area (Å²) in [4.78, 5) is 16.5. The summed E-state index contributed by atoms with van der Waals surface area (Å²) in [6.07, 6.45) is -0.698. The molecule has 0 aliphatic heterocycles. The van der Waals surface area contributed by atoms with Gasteiger partial charge in [0, 0.05) is 16.7 Å². The van der Waals surface area contributed by atoms with Crippen molar-refractivity contribution in [2.45, 2.75) is 19.6 Å². The number of halogens is 1. The lowest BCUT2D eigenvalue weighted by Gasteiger charge is -2.14. The van der Waals surface area contributed by atoms with Gasteiger partial charge in [-0.3, -0.25) is 4.79 Å². The van der Waals surface area contributed by atoms with Crippen molar-refractivity contribution in [2.75, 3.05) is 7.11 Å². The summed E-state index contributed by atoms with van der Waals surface area (Å²) in [6.45, 7) is 1.76. The molecule has 0 fully saturated rings. The third-order valence-electron chi connectivity index (χ3n) is 3.71. The Morgan fingerprint density at radius 2 is 1.96 bits per heavy atom. The zero-order valence-corrected chi connectivity index (χ0v) is 15.6. The third-order valence-corrected chi connectivity index (χ3v) is 3.96. The number of rotatable bonds is 7. The van der Waals surface area contributed by atoms with Gasteiger partial charge in [0.15, 0.2) is 6.10 Å². The van der Waals surface area contributed by atoms with E-state index in [1.807, 2.05) is 0 Å². The minimum absolute atomic E-state index is 0.102. The molecule has 3 aromatic rings. The molecule has 27 heavy (non-hydrogen) atoms. The number of hydrogen-bond donors (Lipinski definition) is 1. The maximum absolute atomic E-state index is 12.2. The molecule has 0 bridgehead atoms. The molecule has 1 N–H and O–H groups in total. The van der Waals surface area contributed by atoms with Crippen LogP contribution in [0.1, 0.15) is 12.8 Å². The number of nitrogens with one attached hydrogen (secondary N) is 1. The van der Waals surface area contributed by atoms with Crippen LogP contribution in [-0.4, -0.2) is 29.3 Å². The highest BCUT2D eigenvalue weighted by molar-refractivity contribution is 6.30. The summed E-state index contributed by atoms with van der Waals surface area (Å²) < 4.78 is 15.9. The SMILES string of the molecule is COc1cccc(OC(C)C(=O)NCc2nc(-c3ccc(Cl)cc3)no2)c1. The van der Waals surface area contributed by atoms with Crippen LogP contribution in [0.15, 0.2) is 53.1 Å². The first kappa shape index (κ1) is 18.7. The van der Waals surface area contributed by atoms with Gasteiger partial charge in [0.2, 0.25) is 11.7 Å². The minimum atomic E-state index is -0.698. The predicted octanol–water partition coefficient (Wildman–Crippen LogP) is 3.48. The van der Waals surface area contributed by atoms with Crippen molar-refractivity contribution in [3.8, 4) is 22.9 Å². The van der Waals surface area contributed by atoms with E-state index >= 15 is 0 Å². The fourth-order valence-corrected chi connectivity index (χ4v) is 2.41. The van der Waals surface area contributed by atoms with Crippen molar-refractivity contribution in [1.29, 1.82) is 0 Å². The molecule has 1 amide bonds. The van der Waals surface area contributed by atoms with E-state index in [0.717, 1.165) is 5.56 Å². The van der Waals surface area contributed by atoms with E-state index in [1.165, 1.54) is 0 Å². The van der Waals surface area contributed by atoms with Gasteiger partial charge in [0.05, 0.1) is 13.7 Å². The van der Waals surface area contributed by atoms with Crippen LogP contribution in [0.2, 0.25) is 5.02 Å². The van der Waals surface area contributed by atoms with Crippen LogP contribution in [0.5, 0.6) is 11.5 Å². The molecule has 0 radical (unpaired) electrons. The van der Waals surface area contributed by atoms with Crippen LogP contribution in [0.25, 0.3) is 11.4 Å². The van der Waals surface area contributed by atoms with E-state index in [2.05, 4.69) is 15.5 Å². The normalized spacial score (nSPS) is 11.7. The van der Waals surface area contributed by atoms with E-state index in [-0.39, 0.29) is 12.5 Å². The Labute approximate surface area is 161 Å². The summed E-state index contributed by atoms with van der Waals surface area (Å²) in [7, 11) is 1.57. The average Bonchev–Trinajstić information content (AvgIpc) is 3.15. The second-order valence-corrected chi connectivity index (χ2v) is 6.11. The lowest BCUT2D eigenvalue weighted by molar-refractivity contribution is -0.127. The fourth-order valence-electron chi connectivity index (χ4n) is 2.28. The van der Waals surface area contributed by atoms with Gasteiger partial charge in [0.25, 0.3) is 5.91 Å². The summed E-state index contributed by atoms with van der Waals surface area (Å²) in [6, 6.07) is 14.1. The van der Waals surface area contributed by atoms with E-state index in [9.17, 15) is 4.79 Å². The third kappa shape index (κ3) is 4.98. The van der Waals surface area contributed by atoms with Crippen molar-refractivity contribution in [3.63, 3.8) is 0 Å². The lowest BCUT2D eigenvalue weighted by atomic mass is 10.2. The molecule has 0 aliphatic rings. The molecular weight excluding hydrogens is 370 g/mol. The maximum atomic E-state index is 12.2. The first-order chi connectivity index (χ1) is 13.0. The first-order valence-electron chi connectivity index (χ1n) is 8.22. The van der Waals surface area contributed by atoms with Crippen LogP contribution >= 0.6 is 11.6 Å². The van der Waals surface area contributed by atoms with Crippen LogP contribution in [0, 0.1) is 0 Å². The zero-order chi connectivity index (χ0) is 19.2. The standard InChI is InChI=1S/C19H18ClN3O4/c1-12(26-16-5-3-4-15(10-16)25-2)19(24)21-11-17-22-18(23-27-17)13-6-8-14(20)9-7-13/h3-10,12H,11H2,1-2H3,(H,21,24). The van der Waals surface area contributed by atoms with Gasteiger partial charge >= 0.3 is 0 Å². The number of amides is 1. The average molecular weight is 388 g/mol. The topological polar surface area (TPSA) is 86.5 Å². The van der Waals surface area contributed by atoms with Crippen molar-refractivity contribution < 1.29 is 18.8 Å². The Kier molecular flexibility index (Phi) is 5.93. The Hall–Kier alpha value is -3.06. The molecule has 140 valence electrons. The molecule has 1 aromatic heterocycles. The van der Waals surface area contributed by atoms with Crippen molar-refractivity contribution in [3.05, 3.63) is 59.4 Å². The summed E-state index contributed by atoms with van der Waals surface area (Å²) in [5, 5.41) is 7.23. The monoisotopic (exact) mass is 387 g/mol. The van der Waals surface area contributed by atoms with Gasteiger partial charge in [-0.2, -0.15) is 4.98 Å². The molecule has 0 spiro atoms. The lowest BCUT2D eigenvalue weighted by Crippen LogP contribution is -2.36. The minimum Gasteiger partial charge on any atom is -0.497 e. The molecular formula is C19H18ClN3O4. The number of methoxy groups -OCH3 is 1. The second kappa shape index (κ2) is 8.55. The van der Waals surface area contributed by atoms with Crippen molar-refractivity contribution in [2.24, 2.45) is 0 Å². The Morgan fingerprint density at radius 1 is 1.22 bits per heavy atom. The van der Waals surface area contributed by atoms with Gasteiger partial charge in [-0.1, -0.05) is 22.8 Å². The predicted molar refractivity (Wildman–Crippen MR) is 99.7 cm³/mol. The van der Waals surface area contributed by atoms with E-state index in [0.29, 0.717) is 28.2 Å². The van der Waals surface area contributed by atoms with E-state index in [4.69, 9.17) is 25.6 Å². The molecule has 1 unspecified atom stereocenters. The van der Waals surface area contributed by atoms with Gasteiger partial charge < -0.3 is 19.3 Å². The number of carbonyl (C=O) groups excluding carboxylic acids is 1. The Morgan fingerprint density at radius 3 is 2.70 bits per heavy atom. The maximum Gasteiger partial charge on any atom is 0.261 e. The van der Waals surface area contributed by atoms with Crippen molar-refractivity contribution >= 4 is 17.5 Å². The highest BCUT2D eigenvalue weighted by Gasteiger charge is 2.16. The van der Waals surface area contributed by atoms with Crippen LogP contribution in [-0.2, 0) is 11.3 Å². The summed E-state index contributed by atoms with van der Waals surface area (Å²) >= 11 is 5.86. The van der Waals surface area contributed by atoms with Crippen LogP contribution in [0.3, 0.4) is 0 Å². The molecule has 7 nitrogen and oxygen atoms in total. The van der Waals surface area contributed by atoms with Crippen molar-refractivity contribution in [1.82, 2.24) is 15.5 Å². The van der Waals surface area contributed by atoms with E-state index < -0.39 is 6.10 Å². The number of nitrogens with zero attached hydrogens (tertiary/aromatic N) is 2. The smallest absolute Gasteiger partial charge is 0.261 e. The van der Waals surface area contributed by atoms with Gasteiger partial charge in [-0.25, -0.2) is 0 Å². The number of carbonyl (C=O) groups is 1. The number of hydrogen-bond acceptors (Lipinski definition) is 6.